The summed E-state index contributed by atoms with van der Waals surface area (Å²) in [5.41, 5.74) is 4.71. The molecule has 188 valence electrons. The van der Waals surface area contributed by atoms with Gasteiger partial charge in [0.15, 0.2) is 5.78 Å². The second-order valence-electron chi connectivity index (χ2n) is 11.0. The van der Waals surface area contributed by atoms with Crippen molar-refractivity contribution in [1.82, 2.24) is 5.32 Å². The minimum atomic E-state index is -0.147. The van der Waals surface area contributed by atoms with Crippen molar-refractivity contribution in [3.63, 3.8) is 0 Å². The molecule has 2 unspecified atom stereocenters. The molecule has 0 bridgehead atoms. The summed E-state index contributed by atoms with van der Waals surface area (Å²) in [4.78, 5) is 29.2. The third kappa shape index (κ3) is 5.22. The zero-order valence-electron chi connectivity index (χ0n) is 21.0. The Kier molecular flexibility index (Phi) is 6.94. The maximum Gasteiger partial charge on any atom is 0.239 e. The standard InChI is InChI=1S/C30H34ClN3O2/c1-30(2)16-24-28(26(35)17-30)29(21-8-4-3-5-9-21)34(25-11-7-6-10-23(25)33-24)19-27(36)32-18-20-12-14-22(31)15-13-20/h3-4,6-7,10-15,21,29,33H,5,8-9,16-19H2,1-2H3,(H,32,36). The molecule has 0 fully saturated rings. The van der Waals surface area contributed by atoms with Crippen LogP contribution in [0.2, 0.25) is 5.02 Å². The Balaban J connectivity index is 1.51. The molecule has 1 aliphatic heterocycles. The van der Waals surface area contributed by atoms with Gasteiger partial charge < -0.3 is 15.5 Å². The lowest BCUT2D eigenvalue weighted by atomic mass is 9.71. The van der Waals surface area contributed by atoms with Crippen molar-refractivity contribution in [3.8, 4) is 0 Å². The number of rotatable bonds is 5. The van der Waals surface area contributed by atoms with Gasteiger partial charge in [-0.1, -0.05) is 61.9 Å². The molecule has 0 spiro atoms. The Morgan fingerprint density at radius 2 is 1.89 bits per heavy atom. The van der Waals surface area contributed by atoms with Gasteiger partial charge in [0.2, 0.25) is 5.91 Å². The highest BCUT2D eigenvalue weighted by atomic mass is 35.5. The average Bonchev–Trinajstić information content (AvgIpc) is 2.98. The molecule has 0 radical (unpaired) electrons. The van der Waals surface area contributed by atoms with Crippen molar-refractivity contribution >= 4 is 34.7 Å². The summed E-state index contributed by atoms with van der Waals surface area (Å²) in [5, 5.41) is 7.39. The fourth-order valence-corrected chi connectivity index (χ4v) is 6.00. The normalized spacial score (nSPS) is 22.9. The molecule has 2 aromatic carbocycles. The molecular weight excluding hydrogens is 470 g/mol. The van der Waals surface area contributed by atoms with E-state index < -0.39 is 0 Å². The first kappa shape index (κ1) is 24.6. The van der Waals surface area contributed by atoms with Gasteiger partial charge in [-0.05, 0) is 66.8 Å². The van der Waals surface area contributed by atoms with Crippen molar-refractivity contribution < 1.29 is 9.59 Å². The number of carbonyl (C=O) groups is 2. The van der Waals surface area contributed by atoms with Crippen LogP contribution in [0.15, 0.2) is 72.0 Å². The van der Waals surface area contributed by atoms with Crippen LogP contribution in [-0.2, 0) is 16.1 Å². The first-order valence-electron chi connectivity index (χ1n) is 12.9. The van der Waals surface area contributed by atoms with Gasteiger partial charge in [-0.2, -0.15) is 0 Å². The lowest BCUT2D eigenvalue weighted by Gasteiger charge is -2.41. The van der Waals surface area contributed by atoms with Gasteiger partial charge in [0.05, 0.1) is 24.0 Å². The van der Waals surface area contributed by atoms with Crippen molar-refractivity contribution in [2.45, 2.75) is 58.5 Å². The molecule has 5 rings (SSSR count). The topological polar surface area (TPSA) is 61.4 Å². The SMILES string of the molecule is CC1(C)CC(=O)C2=C(C1)Nc1ccccc1N(CC(=O)NCc1ccc(Cl)cc1)C2C1CC=CCC1. The molecule has 6 heteroatoms. The summed E-state index contributed by atoms with van der Waals surface area (Å²) in [7, 11) is 0. The van der Waals surface area contributed by atoms with E-state index in [1.807, 2.05) is 42.5 Å². The summed E-state index contributed by atoms with van der Waals surface area (Å²) < 4.78 is 0. The van der Waals surface area contributed by atoms with Gasteiger partial charge in [-0.3, -0.25) is 9.59 Å². The maximum absolute atomic E-state index is 13.7. The van der Waals surface area contributed by atoms with Crippen LogP contribution in [0.5, 0.6) is 0 Å². The highest BCUT2D eigenvalue weighted by molar-refractivity contribution is 6.30. The molecule has 0 saturated heterocycles. The minimum absolute atomic E-state index is 0.0660. The third-order valence-electron chi connectivity index (χ3n) is 7.52. The number of nitrogens with one attached hydrogen (secondary N) is 2. The van der Waals surface area contributed by atoms with E-state index in [4.69, 9.17) is 11.6 Å². The number of fused-ring (bicyclic) bond motifs is 1. The van der Waals surface area contributed by atoms with Crippen LogP contribution in [0.1, 0.15) is 51.5 Å². The Bertz CT molecular complexity index is 1210. The molecule has 36 heavy (non-hydrogen) atoms. The monoisotopic (exact) mass is 503 g/mol. The third-order valence-corrected chi connectivity index (χ3v) is 7.78. The number of hydrogen-bond donors (Lipinski definition) is 2. The predicted octanol–water partition coefficient (Wildman–Crippen LogP) is 6.26. The number of hydrogen-bond acceptors (Lipinski definition) is 4. The zero-order valence-corrected chi connectivity index (χ0v) is 21.8. The first-order chi connectivity index (χ1) is 17.3. The molecule has 0 aromatic heterocycles. The van der Waals surface area contributed by atoms with Gasteiger partial charge in [0.1, 0.15) is 0 Å². The second-order valence-corrected chi connectivity index (χ2v) is 11.4. The Morgan fingerprint density at radius 1 is 1.11 bits per heavy atom. The van der Waals surface area contributed by atoms with E-state index in [0.29, 0.717) is 18.0 Å². The van der Waals surface area contributed by atoms with Gasteiger partial charge in [-0.25, -0.2) is 0 Å². The van der Waals surface area contributed by atoms with Crippen LogP contribution in [0.4, 0.5) is 11.4 Å². The second kappa shape index (κ2) is 10.1. The van der Waals surface area contributed by atoms with E-state index in [0.717, 1.165) is 53.9 Å². The number of para-hydroxylation sites is 2. The first-order valence-corrected chi connectivity index (χ1v) is 13.2. The van der Waals surface area contributed by atoms with E-state index in [9.17, 15) is 9.59 Å². The smallest absolute Gasteiger partial charge is 0.239 e. The van der Waals surface area contributed by atoms with E-state index in [1.165, 1.54) is 0 Å². The molecule has 1 amide bonds. The van der Waals surface area contributed by atoms with Crippen molar-refractivity contribution in [2.24, 2.45) is 11.3 Å². The summed E-state index contributed by atoms with van der Waals surface area (Å²) in [6.07, 6.45) is 8.70. The number of ketones is 1. The number of allylic oxidation sites excluding steroid dienone is 3. The molecule has 0 saturated carbocycles. The van der Waals surface area contributed by atoms with Crippen LogP contribution in [0, 0.1) is 11.3 Å². The molecular formula is C30H34ClN3O2. The van der Waals surface area contributed by atoms with Crippen LogP contribution in [0.25, 0.3) is 0 Å². The van der Waals surface area contributed by atoms with Gasteiger partial charge >= 0.3 is 0 Å². The average molecular weight is 504 g/mol. The number of Topliss-reactive ketones (excluding diaryl/α,β-unsaturated/α-hetero) is 1. The van der Waals surface area contributed by atoms with E-state index in [1.54, 1.807) is 0 Å². The summed E-state index contributed by atoms with van der Waals surface area (Å²) >= 11 is 6.01. The summed E-state index contributed by atoms with van der Waals surface area (Å²) in [6, 6.07) is 15.5. The fraction of sp³-hybridized carbons (Fsp3) is 0.400. The minimum Gasteiger partial charge on any atom is -0.357 e. The largest absolute Gasteiger partial charge is 0.357 e. The Labute approximate surface area is 218 Å². The predicted molar refractivity (Wildman–Crippen MR) is 146 cm³/mol. The number of carbonyl (C=O) groups excluding carboxylic acids is 2. The van der Waals surface area contributed by atoms with Crippen LogP contribution >= 0.6 is 11.6 Å². The lowest BCUT2D eigenvalue weighted by Crippen LogP contribution is -2.49. The summed E-state index contributed by atoms with van der Waals surface area (Å²) in [6.45, 7) is 4.94. The molecule has 2 aromatic rings. The maximum atomic E-state index is 13.7. The highest BCUT2D eigenvalue weighted by Crippen LogP contribution is 2.46. The molecule has 2 aliphatic carbocycles. The van der Waals surface area contributed by atoms with E-state index in [2.05, 4.69) is 47.6 Å². The molecule has 2 N–H and O–H groups in total. The van der Waals surface area contributed by atoms with Crippen LogP contribution in [0.3, 0.4) is 0 Å². The molecule has 1 heterocycles. The van der Waals surface area contributed by atoms with Crippen LogP contribution < -0.4 is 15.5 Å². The summed E-state index contributed by atoms with van der Waals surface area (Å²) in [5.74, 6) is 0.401. The lowest BCUT2D eigenvalue weighted by molar-refractivity contribution is -0.121. The van der Waals surface area contributed by atoms with Gasteiger partial charge in [-0.15, -0.1) is 0 Å². The number of anilines is 2. The van der Waals surface area contributed by atoms with Crippen molar-refractivity contribution in [1.29, 1.82) is 0 Å². The quantitative estimate of drug-likeness (QED) is 0.473. The van der Waals surface area contributed by atoms with Crippen molar-refractivity contribution in [3.05, 3.63) is 82.5 Å². The Hall–Kier alpha value is -3.05. The number of amides is 1. The number of nitrogens with zero attached hydrogens (tertiary/aromatic N) is 1. The Morgan fingerprint density at radius 3 is 2.64 bits per heavy atom. The fourth-order valence-electron chi connectivity index (χ4n) is 5.88. The molecule has 3 aliphatic rings. The van der Waals surface area contributed by atoms with Gasteiger partial charge in [0, 0.05) is 29.3 Å². The molecule has 2 atom stereocenters. The van der Waals surface area contributed by atoms with Gasteiger partial charge in [0.25, 0.3) is 0 Å². The van der Waals surface area contributed by atoms with E-state index in [-0.39, 0.29) is 35.6 Å². The van der Waals surface area contributed by atoms with E-state index >= 15 is 0 Å². The zero-order chi connectivity index (χ0) is 25.3. The van der Waals surface area contributed by atoms with Crippen LogP contribution in [-0.4, -0.2) is 24.3 Å². The number of halogens is 1. The van der Waals surface area contributed by atoms with Crippen molar-refractivity contribution in [2.75, 3.05) is 16.8 Å². The number of benzene rings is 2. The molecule has 5 nitrogen and oxygen atoms in total. The highest BCUT2D eigenvalue weighted by Gasteiger charge is 2.43.